The lowest BCUT2D eigenvalue weighted by atomic mass is 10.2. The van der Waals surface area contributed by atoms with Gasteiger partial charge < -0.3 is 20.1 Å². The summed E-state index contributed by atoms with van der Waals surface area (Å²) in [5, 5.41) is 5.71. The molecule has 160 valence electrons. The summed E-state index contributed by atoms with van der Waals surface area (Å²) in [6.45, 7) is 4.51. The number of para-hydroxylation sites is 2. The van der Waals surface area contributed by atoms with Crippen molar-refractivity contribution in [2.45, 2.75) is 26.5 Å². The second-order valence-corrected chi connectivity index (χ2v) is 6.87. The lowest BCUT2D eigenvalue weighted by Crippen LogP contribution is -2.30. The van der Waals surface area contributed by atoms with Crippen molar-refractivity contribution in [1.29, 1.82) is 0 Å². The van der Waals surface area contributed by atoms with Crippen LogP contribution in [0.1, 0.15) is 29.8 Å². The van der Waals surface area contributed by atoms with E-state index in [1.807, 2.05) is 49.4 Å². The number of carbonyl (C=O) groups is 2. The molecule has 3 rings (SSSR count). The van der Waals surface area contributed by atoms with Crippen molar-refractivity contribution in [3.05, 3.63) is 90.0 Å². The molecular formula is C25H26N2O4. The van der Waals surface area contributed by atoms with Crippen molar-refractivity contribution in [1.82, 2.24) is 5.32 Å². The van der Waals surface area contributed by atoms with Gasteiger partial charge in [0.2, 0.25) is 0 Å². The zero-order valence-corrected chi connectivity index (χ0v) is 17.6. The van der Waals surface area contributed by atoms with Gasteiger partial charge in [-0.2, -0.15) is 0 Å². The molecule has 0 aliphatic carbocycles. The summed E-state index contributed by atoms with van der Waals surface area (Å²) in [6.07, 6.45) is -0.729. The van der Waals surface area contributed by atoms with Crippen LogP contribution in [0.5, 0.6) is 11.5 Å². The molecule has 6 nitrogen and oxygen atoms in total. The Hall–Kier alpha value is -3.80. The Balaban J connectivity index is 1.54. The average Bonchev–Trinajstić information content (AvgIpc) is 2.80. The van der Waals surface area contributed by atoms with Gasteiger partial charge in [-0.3, -0.25) is 9.59 Å². The lowest BCUT2D eigenvalue weighted by molar-refractivity contribution is -0.122. The Kier molecular flexibility index (Phi) is 7.65. The van der Waals surface area contributed by atoms with E-state index in [0.717, 1.165) is 5.56 Å². The van der Waals surface area contributed by atoms with Crippen LogP contribution >= 0.6 is 0 Å². The van der Waals surface area contributed by atoms with E-state index in [0.29, 0.717) is 35.9 Å². The molecular weight excluding hydrogens is 392 g/mol. The highest BCUT2D eigenvalue weighted by Crippen LogP contribution is 2.24. The molecule has 6 heteroatoms. The van der Waals surface area contributed by atoms with Crippen LogP contribution in [-0.2, 0) is 11.3 Å². The van der Waals surface area contributed by atoms with Gasteiger partial charge in [0, 0.05) is 12.1 Å². The Morgan fingerprint density at radius 1 is 0.903 bits per heavy atom. The van der Waals surface area contributed by atoms with Crippen molar-refractivity contribution in [3.8, 4) is 11.5 Å². The molecule has 0 fully saturated rings. The minimum atomic E-state index is -0.729. The number of hydrogen-bond donors (Lipinski definition) is 2. The maximum Gasteiger partial charge on any atom is 0.265 e. The predicted molar refractivity (Wildman–Crippen MR) is 120 cm³/mol. The standard InChI is InChI=1S/C25H26N2O4/c1-3-30-23-12-8-7-11-22(23)27-24(28)18(2)31-21-15-13-20(14-16-21)25(29)26-17-19-9-5-4-6-10-19/h4-16,18H,3,17H2,1-2H3,(H,26,29)(H,27,28)/t18-/m0/s1. The number of ether oxygens (including phenoxy) is 2. The maximum absolute atomic E-state index is 12.5. The summed E-state index contributed by atoms with van der Waals surface area (Å²) >= 11 is 0. The van der Waals surface area contributed by atoms with E-state index >= 15 is 0 Å². The minimum Gasteiger partial charge on any atom is -0.492 e. The first-order valence-electron chi connectivity index (χ1n) is 10.2. The van der Waals surface area contributed by atoms with E-state index in [-0.39, 0.29) is 11.8 Å². The monoisotopic (exact) mass is 418 g/mol. The molecule has 0 unspecified atom stereocenters. The van der Waals surface area contributed by atoms with Gasteiger partial charge in [0.05, 0.1) is 12.3 Å². The van der Waals surface area contributed by atoms with Crippen LogP contribution in [0.3, 0.4) is 0 Å². The average molecular weight is 418 g/mol. The first kappa shape index (κ1) is 21.9. The van der Waals surface area contributed by atoms with Crippen molar-refractivity contribution >= 4 is 17.5 Å². The van der Waals surface area contributed by atoms with Crippen LogP contribution in [0.4, 0.5) is 5.69 Å². The van der Waals surface area contributed by atoms with Gasteiger partial charge in [-0.05, 0) is 55.8 Å². The number of rotatable bonds is 9. The van der Waals surface area contributed by atoms with E-state index in [4.69, 9.17) is 9.47 Å². The van der Waals surface area contributed by atoms with Crippen LogP contribution in [0.15, 0.2) is 78.9 Å². The van der Waals surface area contributed by atoms with Crippen LogP contribution in [-0.4, -0.2) is 24.5 Å². The smallest absolute Gasteiger partial charge is 0.265 e. The maximum atomic E-state index is 12.5. The Bertz CT molecular complexity index is 1000. The zero-order chi connectivity index (χ0) is 22.1. The number of carbonyl (C=O) groups excluding carboxylic acids is 2. The van der Waals surface area contributed by atoms with Crippen molar-refractivity contribution in [2.75, 3.05) is 11.9 Å². The quantitative estimate of drug-likeness (QED) is 0.539. The van der Waals surface area contributed by atoms with Gasteiger partial charge in [-0.1, -0.05) is 42.5 Å². The molecule has 31 heavy (non-hydrogen) atoms. The molecule has 0 saturated carbocycles. The molecule has 0 bridgehead atoms. The van der Waals surface area contributed by atoms with Gasteiger partial charge in [0.15, 0.2) is 6.10 Å². The summed E-state index contributed by atoms with van der Waals surface area (Å²) in [4.78, 5) is 24.8. The number of amides is 2. The molecule has 0 radical (unpaired) electrons. The van der Waals surface area contributed by atoms with Gasteiger partial charge in [-0.25, -0.2) is 0 Å². The second kappa shape index (κ2) is 10.8. The molecule has 0 heterocycles. The molecule has 0 aromatic heterocycles. The first-order valence-corrected chi connectivity index (χ1v) is 10.2. The Morgan fingerprint density at radius 2 is 1.58 bits per heavy atom. The molecule has 3 aromatic carbocycles. The fourth-order valence-corrected chi connectivity index (χ4v) is 2.91. The summed E-state index contributed by atoms with van der Waals surface area (Å²) in [7, 11) is 0. The highest BCUT2D eigenvalue weighted by atomic mass is 16.5. The summed E-state index contributed by atoms with van der Waals surface area (Å²) in [6, 6.07) is 23.6. The third kappa shape index (κ3) is 6.34. The third-order valence-corrected chi connectivity index (χ3v) is 4.54. The molecule has 0 spiro atoms. The first-order chi connectivity index (χ1) is 15.1. The fraction of sp³-hybridized carbons (Fsp3) is 0.200. The van der Waals surface area contributed by atoms with Gasteiger partial charge in [0.1, 0.15) is 11.5 Å². The molecule has 2 amide bonds. The summed E-state index contributed by atoms with van der Waals surface area (Å²) in [5.41, 5.74) is 2.14. The van der Waals surface area contributed by atoms with Crippen LogP contribution in [0.25, 0.3) is 0 Å². The molecule has 1 atom stereocenters. The summed E-state index contributed by atoms with van der Waals surface area (Å²) < 4.78 is 11.3. The summed E-state index contributed by atoms with van der Waals surface area (Å²) in [5.74, 6) is 0.641. The largest absolute Gasteiger partial charge is 0.492 e. The van der Waals surface area contributed by atoms with E-state index in [9.17, 15) is 9.59 Å². The molecule has 0 aliphatic rings. The van der Waals surface area contributed by atoms with Gasteiger partial charge >= 0.3 is 0 Å². The lowest BCUT2D eigenvalue weighted by Gasteiger charge is -2.16. The van der Waals surface area contributed by atoms with Crippen LogP contribution < -0.4 is 20.1 Å². The van der Waals surface area contributed by atoms with E-state index in [2.05, 4.69) is 10.6 Å². The molecule has 3 aromatic rings. The molecule has 2 N–H and O–H groups in total. The number of anilines is 1. The number of hydrogen-bond acceptors (Lipinski definition) is 4. The third-order valence-electron chi connectivity index (χ3n) is 4.54. The predicted octanol–water partition coefficient (Wildman–Crippen LogP) is 4.42. The highest BCUT2D eigenvalue weighted by molar-refractivity contribution is 5.95. The Morgan fingerprint density at radius 3 is 2.29 bits per heavy atom. The number of benzene rings is 3. The van der Waals surface area contributed by atoms with E-state index < -0.39 is 6.10 Å². The second-order valence-electron chi connectivity index (χ2n) is 6.87. The van der Waals surface area contributed by atoms with Gasteiger partial charge in [0.25, 0.3) is 11.8 Å². The SMILES string of the molecule is CCOc1ccccc1NC(=O)[C@H](C)Oc1ccc(C(=O)NCc2ccccc2)cc1. The normalized spacial score (nSPS) is 11.3. The zero-order valence-electron chi connectivity index (χ0n) is 17.6. The van der Waals surface area contributed by atoms with Crippen molar-refractivity contribution in [2.24, 2.45) is 0 Å². The van der Waals surface area contributed by atoms with Crippen LogP contribution in [0.2, 0.25) is 0 Å². The topological polar surface area (TPSA) is 76.7 Å². The van der Waals surface area contributed by atoms with Crippen LogP contribution in [0, 0.1) is 0 Å². The van der Waals surface area contributed by atoms with Gasteiger partial charge in [-0.15, -0.1) is 0 Å². The Labute approximate surface area is 182 Å². The van der Waals surface area contributed by atoms with Crippen molar-refractivity contribution in [3.63, 3.8) is 0 Å². The van der Waals surface area contributed by atoms with E-state index in [1.54, 1.807) is 43.3 Å². The van der Waals surface area contributed by atoms with Crippen molar-refractivity contribution < 1.29 is 19.1 Å². The number of nitrogens with one attached hydrogen (secondary N) is 2. The molecule has 0 saturated heterocycles. The fourth-order valence-electron chi connectivity index (χ4n) is 2.91. The minimum absolute atomic E-state index is 0.172. The molecule has 0 aliphatic heterocycles. The highest BCUT2D eigenvalue weighted by Gasteiger charge is 2.17. The van der Waals surface area contributed by atoms with E-state index in [1.165, 1.54) is 0 Å².